The summed E-state index contributed by atoms with van der Waals surface area (Å²) in [5.74, 6) is -0.521. The molecule has 1 heterocycles. The lowest BCUT2D eigenvalue weighted by atomic mass is 9.98. The first-order chi connectivity index (χ1) is 13.6. The van der Waals surface area contributed by atoms with Crippen molar-refractivity contribution in [2.24, 2.45) is 5.73 Å². The number of para-hydroxylation sites is 2. The molecule has 1 amide bonds. The lowest BCUT2D eigenvalue weighted by Crippen LogP contribution is -2.39. The molecule has 0 aliphatic rings. The van der Waals surface area contributed by atoms with E-state index >= 15 is 0 Å². The average Bonchev–Trinajstić information content (AvgIpc) is 2.70. The fourth-order valence-corrected chi connectivity index (χ4v) is 3.40. The van der Waals surface area contributed by atoms with Crippen molar-refractivity contribution in [3.8, 4) is 0 Å². The second kappa shape index (κ2) is 14.0. The number of aromatic nitrogens is 1. The van der Waals surface area contributed by atoms with Crippen LogP contribution in [0.1, 0.15) is 18.9 Å². The molecule has 0 saturated heterocycles. The number of pyridine rings is 1. The van der Waals surface area contributed by atoms with Crippen molar-refractivity contribution < 1.29 is 14.3 Å². The maximum atomic E-state index is 12.8. The van der Waals surface area contributed by atoms with Gasteiger partial charge in [0.05, 0.1) is 17.6 Å². The molecule has 31 heavy (non-hydrogen) atoms. The zero-order valence-corrected chi connectivity index (χ0v) is 19.7. The fourth-order valence-electron chi connectivity index (χ4n) is 3.40. The van der Waals surface area contributed by atoms with Gasteiger partial charge in [0.1, 0.15) is 6.54 Å². The van der Waals surface area contributed by atoms with Gasteiger partial charge in [0.25, 0.3) is 0 Å². The molecule has 0 aliphatic heterocycles. The van der Waals surface area contributed by atoms with Gasteiger partial charge in [0.2, 0.25) is 5.91 Å². The molecule has 0 aliphatic carbocycles. The summed E-state index contributed by atoms with van der Waals surface area (Å²) in [4.78, 5) is 30.7. The number of amides is 1. The number of rotatable bonds is 8. The Morgan fingerprint density at radius 1 is 0.968 bits per heavy atom. The number of halogens is 3. The monoisotopic (exact) mass is 487 g/mol. The fraction of sp³-hybridized carbons (Fsp3) is 0.318. The summed E-state index contributed by atoms with van der Waals surface area (Å²) >= 11 is 0. The quantitative estimate of drug-likeness (QED) is 0.383. The van der Waals surface area contributed by atoms with E-state index in [9.17, 15) is 9.59 Å². The van der Waals surface area contributed by atoms with Gasteiger partial charge in [-0.1, -0.05) is 36.4 Å². The highest BCUT2D eigenvalue weighted by Crippen LogP contribution is 2.27. The molecule has 3 rings (SSSR count). The van der Waals surface area contributed by atoms with Crippen LogP contribution in [0.5, 0.6) is 0 Å². The second-order valence-corrected chi connectivity index (χ2v) is 6.53. The highest BCUT2D eigenvalue weighted by atomic mass is 35.5. The second-order valence-electron chi connectivity index (χ2n) is 6.53. The van der Waals surface area contributed by atoms with Crippen LogP contribution in [-0.4, -0.2) is 48.0 Å². The predicted octanol–water partition coefficient (Wildman–Crippen LogP) is 3.94. The minimum atomic E-state index is -0.413. The van der Waals surface area contributed by atoms with E-state index < -0.39 is 5.97 Å². The van der Waals surface area contributed by atoms with Gasteiger partial charge in [-0.3, -0.25) is 9.59 Å². The summed E-state index contributed by atoms with van der Waals surface area (Å²) in [7, 11) is 0. The molecular formula is C22H28Cl3N3O3. The van der Waals surface area contributed by atoms with Gasteiger partial charge >= 0.3 is 5.97 Å². The summed E-state index contributed by atoms with van der Waals surface area (Å²) < 4.78 is 4.97. The molecule has 9 heteroatoms. The molecule has 6 nitrogen and oxygen atoms in total. The van der Waals surface area contributed by atoms with Crippen LogP contribution in [0.15, 0.2) is 48.5 Å². The van der Waals surface area contributed by atoms with Gasteiger partial charge < -0.3 is 15.4 Å². The molecule has 0 spiro atoms. The van der Waals surface area contributed by atoms with Gasteiger partial charge in [-0.05, 0) is 31.0 Å². The predicted molar refractivity (Wildman–Crippen MR) is 132 cm³/mol. The third-order valence-electron chi connectivity index (χ3n) is 4.67. The van der Waals surface area contributed by atoms with Gasteiger partial charge in [0, 0.05) is 30.3 Å². The van der Waals surface area contributed by atoms with Crippen LogP contribution in [0.4, 0.5) is 0 Å². The van der Waals surface area contributed by atoms with Crippen LogP contribution >= 0.6 is 37.2 Å². The zero-order chi connectivity index (χ0) is 19.9. The molecule has 0 atom stereocenters. The number of nitrogens with two attached hydrogens (primary N) is 1. The number of esters is 1. The maximum Gasteiger partial charge on any atom is 0.325 e. The van der Waals surface area contributed by atoms with Crippen molar-refractivity contribution in [1.82, 2.24) is 9.88 Å². The van der Waals surface area contributed by atoms with Gasteiger partial charge in [-0.25, -0.2) is 4.98 Å². The van der Waals surface area contributed by atoms with Crippen molar-refractivity contribution in [2.75, 3.05) is 26.2 Å². The summed E-state index contributed by atoms with van der Waals surface area (Å²) in [6.07, 6.45) is 0.851. The minimum Gasteiger partial charge on any atom is -0.465 e. The Morgan fingerprint density at radius 3 is 2.03 bits per heavy atom. The number of hydrogen-bond acceptors (Lipinski definition) is 5. The largest absolute Gasteiger partial charge is 0.465 e. The van der Waals surface area contributed by atoms with Crippen LogP contribution in [-0.2, 0) is 20.7 Å². The number of carbonyl (C=O) groups is 2. The van der Waals surface area contributed by atoms with Crippen molar-refractivity contribution in [3.63, 3.8) is 0 Å². The van der Waals surface area contributed by atoms with E-state index in [4.69, 9.17) is 15.5 Å². The molecule has 0 fully saturated rings. The number of carbonyl (C=O) groups excluding carboxylic acids is 2. The summed E-state index contributed by atoms with van der Waals surface area (Å²) in [5, 5.41) is 2.09. The van der Waals surface area contributed by atoms with Crippen LogP contribution in [0.3, 0.4) is 0 Å². The first-order valence-corrected chi connectivity index (χ1v) is 9.54. The minimum absolute atomic E-state index is 0. The van der Waals surface area contributed by atoms with Gasteiger partial charge in [-0.15, -0.1) is 37.2 Å². The molecule has 0 bridgehead atoms. The molecule has 2 aromatic carbocycles. The molecule has 0 saturated carbocycles. The Kier molecular flexibility index (Phi) is 13.1. The highest BCUT2D eigenvalue weighted by molar-refractivity contribution is 5.97. The van der Waals surface area contributed by atoms with Crippen molar-refractivity contribution in [1.29, 1.82) is 0 Å². The lowest BCUT2D eigenvalue weighted by Gasteiger charge is -2.21. The molecule has 3 aromatic rings. The normalized spacial score (nSPS) is 9.87. The Balaban J connectivity index is 0.00000300. The number of aryl methyl sites for hydroxylation is 1. The third kappa shape index (κ3) is 7.21. The zero-order valence-electron chi connectivity index (χ0n) is 17.3. The van der Waals surface area contributed by atoms with E-state index in [1.807, 2.05) is 48.5 Å². The Hall–Kier alpha value is -2.12. The maximum absolute atomic E-state index is 12.8. The van der Waals surface area contributed by atoms with Crippen LogP contribution in [0, 0.1) is 0 Å². The van der Waals surface area contributed by atoms with Crippen LogP contribution < -0.4 is 5.73 Å². The number of benzene rings is 2. The standard InChI is InChI=1S/C22H25N3O3.3ClH/c1-2-28-22(27)15-25(14-13-23)21(26)12-11-16-17-7-3-5-9-19(17)24-20-10-6-4-8-18(16)20;;;/h3-10H,2,11-15,23H2,1H3;3*1H. The van der Waals surface area contributed by atoms with E-state index in [-0.39, 0.29) is 56.1 Å². The molecular weight excluding hydrogens is 461 g/mol. The molecule has 0 unspecified atom stereocenters. The van der Waals surface area contributed by atoms with Crippen LogP contribution in [0.2, 0.25) is 0 Å². The van der Waals surface area contributed by atoms with E-state index in [1.165, 1.54) is 4.90 Å². The van der Waals surface area contributed by atoms with Gasteiger partial charge in [-0.2, -0.15) is 0 Å². The summed E-state index contributed by atoms with van der Waals surface area (Å²) in [5.41, 5.74) is 8.54. The SMILES string of the molecule is CCOC(=O)CN(CCN)C(=O)CCc1c2ccccc2nc2ccccc12.Cl.Cl.Cl. The topological polar surface area (TPSA) is 85.5 Å². The number of nitrogens with zero attached hydrogens (tertiary/aromatic N) is 2. The van der Waals surface area contributed by atoms with E-state index in [1.54, 1.807) is 6.92 Å². The van der Waals surface area contributed by atoms with E-state index in [0.29, 0.717) is 26.1 Å². The molecule has 170 valence electrons. The Bertz CT molecular complexity index is 947. The van der Waals surface area contributed by atoms with Crippen LogP contribution in [0.25, 0.3) is 21.8 Å². The highest BCUT2D eigenvalue weighted by Gasteiger charge is 2.18. The van der Waals surface area contributed by atoms with Crippen molar-refractivity contribution in [2.45, 2.75) is 19.8 Å². The number of hydrogen-bond donors (Lipinski definition) is 1. The first kappa shape index (κ1) is 28.9. The number of ether oxygens (including phenoxy) is 1. The van der Waals surface area contributed by atoms with E-state index in [0.717, 1.165) is 27.4 Å². The average molecular weight is 489 g/mol. The first-order valence-electron chi connectivity index (χ1n) is 9.54. The number of fused-ring (bicyclic) bond motifs is 2. The summed E-state index contributed by atoms with van der Waals surface area (Å²) in [6, 6.07) is 15.9. The molecule has 0 radical (unpaired) electrons. The molecule has 2 N–H and O–H groups in total. The third-order valence-corrected chi connectivity index (χ3v) is 4.67. The van der Waals surface area contributed by atoms with Crippen molar-refractivity contribution in [3.05, 3.63) is 54.1 Å². The van der Waals surface area contributed by atoms with Gasteiger partial charge in [0.15, 0.2) is 0 Å². The van der Waals surface area contributed by atoms with E-state index in [2.05, 4.69) is 0 Å². The Morgan fingerprint density at radius 2 is 1.52 bits per heavy atom. The lowest BCUT2D eigenvalue weighted by molar-refractivity contribution is -0.148. The smallest absolute Gasteiger partial charge is 0.325 e. The van der Waals surface area contributed by atoms with Crippen molar-refractivity contribution >= 4 is 70.9 Å². The molecule has 1 aromatic heterocycles. The Labute approximate surface area is 200 Å². The summed E-state index contributed by atoms with van der Waals surface area (Å²) in [6.45, 7) is 2.59.